The highest BCUT2D eigenvalue weighted by atomic mass is 19.4. The summed E-state index contributed by atoms with van der Waals surface area (Å²) < 4.78 is 39.5. The van der Waals surface area contributed by atoms with Crippen LogP contribution in [0.5, 0.6) is 0 Å². The third kappa shape index (κ3) is 3.13. The van der Waals surface area contributed by atoms with Crippen LogP contribution in [-0.2, 0) is 4.74 Å². The van der Waals surface area contributed by atoms with Gasteiger partial charge in [-0.1, -0.05) is 19.3 Å². The summed E-state index contributed by atoms with van der Waals surface area (Å²) in [6, 6.07) is 0. The Bertz CT molecular complexity index is 185. The standard InChI is InChI=1S/C9H15F3O2/c1-7(14-9(10,11)12)8(13)5-3-2-4-6-8/h7,13H,2-6H2,1H3. The zero-order valence-corrected chi connectivity index (χ0v) is 8.10. The van der Waals surface area contributed by atoms with Gasteiger partial charge in [-0.25, -0.2) is 0 Å². The maximum absolute atomic E-state index is 11.9. The number of alkyl halides is 3. The van der Waals surface area contributed by atoms with Gasteiger partial charge in [0.25, 0.3) is 0 Å². The zero-order chi connectivity index (χ0) is 10.8. The Balaban J connectivity index is 2.53. The number of halogens is 3. The van der Waals surface area contributed by atoms with Crippen LogP contribution in [0.3, 0.4) is 0 Å². The molecule has 1 aliphatic carbocycles. The molecule has 14 heavy (non-hydrogen) atoms. The molecule has 0 heterocycles. The Morgan fingerprint density at radius 1 is 1.21 bits per heavy atom. The Labute approximate surface area is 81.1 Å². The molecule has 1 aliphatic rings. The molecule has 5 heteroatoms. The van der Waals surface area contributed by atoms with E-state index < -0.39 is 18.1 Å². The van der Waals surface area contributed by atoms with Crippen molar-refractivity contribution in [2.75, 3.05) is 0 Å². The third-order valence-corrected chi connectivity index (χ3v) is 2.79. The first kappa shape index (κ1) is 11.8. The fourth-order valence-electron chi connectivity index (χ4n) is 1.88. The number of aliphatic hydroxyl groups is 1. The van der Waals surface area contributed by atoms with Crippen LogP contribution in [0.1, 0.15) is 39.0 Å². The van der Waals surface area contributed by atoms with Gasteiger partial charge >= 0.3 is 6.36 Å². The fraction of sp³-hybridized carbons (Fsp3) is 1.00. The summed E-state index contributed by atoms with van der Waals surface area (Å²) >= 11 is 0. The van der Waals surface area contributed by atoms with Crippen molar-refractivity contribution >= 4 is 0 Å². The van der Waals surface area contributed by atoms with E-state index in [4.69, 9.17) is 0 Å². The quantitative estimate of drug-likeness (QED) is 0.762. The second kappa shape index (κ2) is 4.06. The lowest BCUT2D eigenvalue weighted by molar-refractivity contribution is -0.359. The molecule has 0 aliphatic heterocycles. The van der Waals surface area contributed by atoms with Crippen molar-refractivity contribution < 1.29 is 23.0 Å². The molecule has 1 atom stereocenters. The van der Waals surface area contributed by atoms with E-state index in [0.717, 1.165) is 19.3 Å². The molecule has 0 bridgehead atoms. The molecule has 0 saturated heterocycles. The van der Waals surface area contributed by atoms with Crippen molar-refractivity contribution in [3.05, 3.63) is 0 Å². The van der Waals surface area contributed by atoms with Gasteiger partial charge < -0.3 is 5.11 Å². The average Bonchev–Trinajstić information content (AvgIpc) is 2.02. The van der Waals surface area contributed by atoms with Crippen LogP contribution in [-0.4, -0.2) is 23.2 Å². The van der Waals surface area contributed by atoms with Gasteiger partial charge in [0.1, 0.15) is 0 Å². The van der Waals surface area contributed by atoms with Crippen LogP contribution in [0.2, 0.25) is 0 Å². The van der Waals surface area contributed by atoms with Gasteiger partial charge in [0.2, 0.25) is 0 Å². The number of hydrogen-bond acceptors (Lipinski definition) is 2. The predicted octanol–water partition coefficient (Wildman–Crippen LogP) is 2.61. The Morgan fingerprint density at radius 3 is 2.14 bits per heavy atom. The molecule has 1 rings (SSSR count). The summed E-state index contributed by atoms with van der Waals surface area (Å²) in [5.74, 6) is 0. The van der Waals surface area contributed by atoms with Crippen LogP contribution < -0.4 is 0 Å². The van der Waals surface area contributed by atoms with Crippen molar-refractivity contribution in [3.8, 4) is 0 Å². The van der Waals surface area contributed by atoms with Crippen LogP contribution in [0, 0.1) is 0 Å². The molecule has 0 radical (unpaired) electrons. The summed E-state index contributed by atoms with van der Waals surface area (Å²) in [7, 11) is 0. The highest BCUT2D eigenvalue weighted by Crippen LogP contribution is 2.34. The number of rotatable bonds is 2. The molecular formula is C9H15F3O2. The largest absolute Gasteiger partial charge is 0.522 e. The maximum atomic E-state index is 11.9. The van der Waals surface area contributed by atoms with Crippen molar-refractivity contribution in [2.45, 2.75) is 57.1 Å². The van der Waals surface area contributed by atoms with Crippen LogP contribution >= 0.6 is 0 Å². The van der Waals surface area contributed by atoms with Gasteiger partial charge in [0, 0.05) is 0 Å². The van der Waals surface area contributed by atoms with E-state index in [-0.39, 0.29) is 0 Å². The monoisotopic (exact) mass is 212 g/mol. The van der Waals surface area contributed by atoms with Gasteiger partial charge in [-0.05, 0) is 19.8 Å². The van der Waals surface area contributed by atoms with Gasteiger partial charge in [0.15, 0.2) is 0 Å². The smallest absolute Gasteiger partial charge is 0.387 e. The highest BCUT2D eigenvalue weighted by Gasteiger charge is 2.42. The normalized spacial score (nSPS) is 24.6. The molecule has 1 unspecified atom stereocenters. The zero-order valence-electron chi connectivity index (χ0n) is 8.10. The van der Waals surface area contributed by atoms with Gasteiger partial charge in [0.05, 0.1) is 11.7 Å². The van der Waals surface area contributed by atoms with E-state index in [1.54, 1.807) is 0 Å². The average molecular weight is 212 g/mol. The molecule has 1 fully saturated rings. The first-order valence-corrected chi connectivity index (χ1v) is 4.80. The van der Waals surface area contributed by atoms with E-state index in [1.807, 2.05) is 0 Å². The van der Waals surface area contributed by atoms with Gasteiger partial charge in [-0.2, -0.15) is 0 Å². The second-order valence-corrected chi connectivity index (χ2v) is 3.87. The summed E-state index contributed by atoms with van der Waals surface area (Å²) in [5.41, 5.74) is -1.30. The molecule has 84 valence electrons. The summed E-state index contributed by atoms with van der Waals surface area (Å²) in [5, 5.41) is 9.88. The summed E-state index contributed by atoms with van der Waals surface area (Å²) in [4.78, 5) is 0. The first-order valence-electron chi connectivity index (χ1n) is 4.80. The second-order valence-electron chi connectivity index (χ2n) is 3.87. The van der Waals surface area contributed by atoms with Crippen molar-refractivity contribution in [1.29, 1.82) is 0 Å². The van der Waals surface area contributed by atoms with E-state index in [9.17, 15) is 18.3 Å². The molecule has 0 spiro atoms. The van der Waals surface area contributed by atoms with Gasteiger partial charge in [-0.3, -0.25) is 4.74 Å². The maximum Gasteiger partial charge on any atom is 0.522 e. The minimum atomic E-state index is -4.66. The summed E-state index contributed by atoms with van der Waals surface area (Å²) in [6.07, 6.45) is -2.55. The molecular weight excluding hydrogens is 197 g/mol. The van der Waals surface area contributed by atoms with Crippen LogP contribution in [0.4, 0.5) is 13.2 Å². The number of ether oxygens (including phenoxy) is 1. The lowest BCUT2D eigenvalue weighted by Gasteiger charge is -2.37. The lowest BCUT2D eigenvalue weighted by Crippen LogP contribution is -2.45. The minimum Gasteiger partial charge on any atom is -0.387 e. The number of hydrogen-bond donors (Lipinski definition) is 1. The van der Waals surface area contributed by atoms with E-state index >= 15 is 0 Å². The molecule has 0 aromatic heterocycles. The molecule has 1 saturated carbocycles. The lowest BCUT2D eigenvalue weighted by atomic mass is 9.81. The fourth-order valence-corrected chi connectivity index (χ4v) is 1.88. The molecule has 0 amide bonds. The summed E-state index contributed by atoms with van der Waals surface area (Å²) in [6.45, 7) is 1.28. The molecule has 1 N–H and O–H groups in total. The highest BCUT2D eigenvalue weighted by molar-refractivity contribution is 4.88. The van der Waals surface area contributed by atoms with Crippen molar-refractivity contribution in [1.82, 2.24) is 0 Å². The van der Waals surface area contributed by atoms with E-state index in [0.29, 0.717) is 12.8 Å². The van der Waals surface area contributed by atoms with Crippen molar-refractivity contribution in [3.63, 3.8) is 0 Å². The van der Waals surface area contributed by atoms with Gasteiger partial charge in [-0.15, -0.1) is 13.2 Å². The molecule has 2 nitrogen and oxygen atoms in total. The van der Waals surface area contributed by atoms with Crippen molar-refractivity contribution in [2.24, 2.45) is 0 Å². The van der Waals surface area contributed by atoms with E-state index in [2.05, 4.69) is 4.74 Å². The minimum absolute atomic E-state index is 0.393. The first-order chi connectivity index (χ1) is 6.33. The molecule has 0 aromatic carbocycles. The third-order valence-electron chi connectivity index (χ3n) is 2.79. The predicted molar refractivity (Wildman–Crippen MR) is 44.6 cm³/mol. The SMILES string of the molecule is CC(OC(F)(F)F)C1(O)CCCCC1. The Morgan fingerprint density at radius 2 is 1.71 bits per heavy atom. The topological polar surface area (TPSA) is 29.5 Å². The molecule has 0 aromatic rings. The van der Waals surface area contributed by atoms with E-state index in [1.165, 1.54) is 6.92 Å². The van der Waals surface area contributed by atoms with Crippen LogP contribution in [0.25, 0.3) is 0 Å². The van der Waals surface area contributed by atoms with Crippen LogP contribution in [0.15, 0.2) is 0 Å². The Hall–Kier alpha value is -0.290. The Kier molecular flexibility index (Phi) is 3.42.